The molecule has 132 valence electrons. The zero-order valence-corrected chi connectivity index (χ0v) is 14.6. The van der Waals surface area contributed by atoms with E-state index in [1.165, 1.54) is 0 Å². The van der Waals surface area contributed by atoms with Gasteiger partial charge >= 0.3 is 0 Å². The molecule has 2 aliphatic rings. The summed E-state index contributed by atoms with van der Waals surface area (Å²) in [4.78, 5) is 25.3. The summed E-state index contributed by atoms with van der Waals surface area (Å²) in [6.07, 6.45) is 8.35. The Labute approximate surface area is 146 Å². The molecular formula is C18H23N5O2. The number of pyridine rings is 1. The second kappa shape index (κ2) is 6.38. The first kappa shape index (κ1) is 15.9. The lowest BCUT2D eigenvalue weighted by Crippen LogP contribution is -2.33. The average molecular weight is 341 g/mol. The average Bonchev–Trinajstić information content (AvgIpc) is 3.35. The molecule has 0 radical (unpaired) electrons. The van der Waals surface area contributed by atoms with Crippen molar-refractivity contribution in [2.24, 2.45) is 0 Å². The first-order valence-electron chi connectivity index (χ1n) is 8.74. The fourth-order valence-electron chi connectivity index (χ4n) is 3.28. The molecule has 1 atom stereocenters. The van der Waals surface area contributed by atoms with E-state index >= 15 is 0 Å². The largest absolute Gasteiger partial charge is 0.485 e. The van der Waals surface area contributed by atoms with Crippen molar-refractivity contribution in [3.8, 4) is 5.75 Å². The third kappa shape index (κ3) is 3.18. The third-order valence-electron chi connectivity index (χ3n) is 4.70. The van der Waals surface area contributed by atoms with Crippen LogP contribution in [-0.4, -0.2) is 47.8 Å². The maximum atomic E-state index is 12.6. The highest BCUT2D eigenvalue weighted by Crippen LogP contribution is 2.33. The molecule has 7 heteroatoms. The zero-order chi connectivity index (χ0) is 17.4. The molecule has 1 saturated carbocycles. The van der Waals surface area contributed by atoms with Crippen molar-refractivity contribution in [2.45, 2.75) is 31.4 Å². The predicted molar refractivity (Wildman–Crippen MR) is 96.6 cm³/mol. The highest BCUT2D eigenvalue weighted by Gasteiger charge is 2.30. The van der Waals surface area contributed by atoms with Gasteiger partial charge in [0.15, 0.2) is 17.4 Å². The van der Waals surface area contributed by atoms with Crippen LogP contribution in [0.2, 0.25) is 0 Å². The smallest absolute Gasteiger partial charge is 0.293 e. The zero-order valence-electron chi connectivity index (χ0n) is 14.6. The van der Waals surface area contributed by atoms with Crippen LogP contribution >= 0.6 is 0 Å². The van der Waals surface area contributed by atoms with E-state index < -0.39 is 0 Å². The molecule has 1 saturated heterocycles. The molecule has 3 heterocycles. The van der Waals surface area contributed by atoms with Crippen LogP contribution in [0.15, 0.2) is 35.5 Å². The third-order valence-corrected chi connectivity index (χ3v) is 4.70. The molecule has 0 amide bonds. The molecule has 0 N–H and O–H groups in total. The Bertz CT molecular complexity index is 815. The van der Waals surface area contributed by atoms with Crippen LogP contribution in [-0.2, 0) is 0 Å². The van der Waals surface area contributed by atoms with Crippen molar-refractivity contribution in [1.82, 2.24) is 14.5 Å². The van der Waals surface area contributed by atoms with Crippen molar-refractivity contribution in [3.63, 3.8) is 0 Å². The number of aromatic nitrogens is 3. The molecule has 0 aromatic carbocycles. The van der Waals surface area contributed by atoms with Crippen LogP contribution in [0.1, 0.15) is 25.3 Å². The minimum absolute atomic E-state index is 0.0148. The fourth-order valence-corrected chi connectivity index (χ4v) is 3.28. The Hall–Kier alpha value is -2.57. The molecule has 1 aliphatic carbocycles. The molecule has 4 rings (SSSR count). The molecule has 25 heavy (non-hydrogen) atoms. The fraction of sp³-hybridized carbons (Fsp3) is 0.500. The van der Waals surface area contributed by atoms with Gasteiger partial charge in [-0.3, -0.25) is 4.79 Å². The van der Waals surface area contributed by atoms with E-state index in [2.05, 4.69) is 9.97 Å². The Morgan fingerprint density at radius 2 is 2.04 bits per heavy atom. The Morgan fingerprint density at radius 1 is 1.20 bits per heavy atom. The molecule has 2 aromatic rings. The van der Waals surface area contributed by atoms with Gasteiger partial charge in [-0.1, -0.05) is 0 Å². The van der Waals surface area contributed by atoms with Crippen LogP contribution in [0.4, 0.5) is 11.6 Å². The van der Waals surface area contributed by atoms with Gasteiger partial charge in [-0.2, -0.15) is 0 Å². The van der Waals surface area contributed by atoms with E-state index in [-0.39, 0.29) is 11.7 Å². The normalized spacial score (nSPS) is 19.9. The van der Waals surface area contributed by atoms with Crippen LogP contribution < -0.4 is 20.1 Å². The summed E-state index contributed by atoms with van der Waals surface area (Å²) >= 11 is 0. The first-order chi connectivity index (χ1) is 12.1. The summed E-state index contributed by atoms with van der Waals surface area (Å²) in [5, 5.41) is 0. The topological polar surface area (TPSA) is 63.5 Å². The molecule has 0 bridgehead atoms. The second-order valence-corrected chi connectivity index (χ2v) is 6.89. The van der Waals surface area contributed by atoms with E-state index in [9.17, 15) is 4.79 Å². The quantitative estimate of drug-likeness (QED) is 0.825. The number of ether oxygens (including phenoxy) is 1. The minimum atomic E-state index is 0.0148. The van der Waals surface area contributed by atoms with Gasteiger partial charge < -0.3 is 19.1 Å². The van der Waals surface area contributed by atoms with Gasteiger partial charge in [-0.25, -0.2) is 9.97 Å². The Balaban J connectivity index is 1.49. The second-order valence-electron chi connectivity index (χ2n) is 6.89. The van der Waals surface area contributed by atoms with Gasteiger partial charge in [0.2, 0.25) is 0 Å². The Morgan fingerprint density at radius 3 is 2.80 bits per heavy atom. The number of anilines is 2. The monoisotopic (exact) mass is 341 g/mol. The van der Waals surface area contributed by atoms with Gasteiger partial charge in [0.1, 0.15) is 6.10 Å². The molecule has 0 spiro atoms. The molecule has 2 aromatic heterocycles. The lowest BCUT2D eigenvalue weighted by Gasteiger charge is -2.20. The van der Waals surface area contributed by atoms with Gasteiger partial charge in [0, 0.05) is 51.7 Å². The summed E-state index contributed by atoms with van der Waals surface area (Å²) in [6, 6.07) is 4.18. The van der Waals surface area contributed by atoms with E-state index in [1.54, 1.807) is 18.6 Å². The van der Waals surface area contributed by atoms with Crippen molar-refractivity contribution in [1.29, 1.82) is 0 Å². The summed E-state index contributed by atoms with van der Waals surface area (Å²) in [7, 11) is 3.90. The van der Waals surface area contributed by atoms with E-state index in [1.807, 2.05) is 40.6 Å². The van der Waals surface area contributed by atoms with Gasteiger partial charge in [0.05, 0.1) is 6.54 Å². The Kier molecular flexibility index (Phi) is 4.07. The van der Waals surface area contributed by atoms with Crippen LogP contribution in [0, 0.1) is 0 Å². The highest BCUT2D eigenvalue weighted by atomic mass is 16.5. The summed E-state index contributed by atoms with van der Waals surface area (Å²) in [5.74, 6) is 2.13. The van der Waals surface area contributed by atoms with E-state index in [4.69, 9.17) is 4.74 Å². The van der Waals surface area contributed by atoms with Crippen molar-refractivity contribution in [3.05, 3.63) is 41.1 Å². The summed E-state index contributed by atoms with van der Waals surface area (Å²) in [6.45, 7) is 1.44. The standard InChI is InChI=1S/C18H23N5O2/c1-21(2)16-15(4-3-8-19-16)25-14-7-10-22(12-14)17-18(24)23(11-9-20-17)13-5-6-13/h3-4,8-9,11,13-14H,5-7,10,12H2,1-2H3/t14-/m0/s1. The van der Waals surface area contributed by atoms with Gasteiger partial charge in [-0.15, -0.1) is 0 Å². The highest BCUT2D eigenvalue weighted by molar-refractivity contribution is 5.51. The molecule has 7 nitrogen and oxygen atoms in total. The minimum Gasteiger partial charge on any atom is -0.485 e. The predicted octanol–water partition coefficient (Wildman–Crippen LogP) is 1.70. The van der Waals surface area contributed by atoms with Gasteiger partial charge in [0.25, 0.3) is 5.56 Å². The van der Waals surface area contributed by atoms with E-state index in [0.29, 0.717) is 18.4 Å². The lowest BCUT2D eigenvalue weighted by molar-refractivity contribution is 0.225. The number of hydrogen-bond donors (Lipinski definition) is 0. The number of hydrogen-bond acceptors (Lipinski definition) is 6. The molecule has 1 aliphatic heterocycles. The van der Waals surface area contributed by atoms with Crippen molar-refractivity contribution < 1.29 is 4.74 Å². The lowest BCUT2D eigenvalue weighted by atomic mass is 10.3. The number of rotatable bonds is 5. The molecular weight excluding hydrogens is 318 g/mol. The maximum Gasteiger partial charge on any atom is 0.293 e. The van der Waals surface area contributed by atoms with Crippen LogP contribution in [0.3, 0.4) is 0 Å². The summed E-state index contributed by atoms with van der Waals surface area (Å²) < 4.78 is 7.99. The summed E-state index contributed by atoms with van der Waals surface area (Å²) in [5.41, 5.74) is 0.0148. The van der Waals surface area contributed by atoms with E-state index in [0.717, 1.165) is 37.4 Å². The number of nitrogens with zero attached hydrogens (tertiary/aromatic N) is 5. The molecule has 2 fully saturated rings. The first-order valence-corrected chi connectivity index (χ1v) is 8.74. The van der Waals surface area contributed by atoms with Crippen molar-refractivity contribution >= 4 is 11.6 Å². The SMILES string of the molecule is CN(C)c1ncccc1O[C@H]1CCN(c2nccn(C3CC3)c2=O)C1. The van der Waals surface area contributed by atoms with Crippen LogP contribution in [0.25, 0.3) is 0 Å². The van der Waals surface area contributed by atoms with Crippen molar-refractivity contribution in [2.75, 3.05) is 37.0 Å². The van der Waals surface area contributed by atoms with Crippen LogP contribution in [0.5, 0.6) is 5.75 Å². The van der Waals surface area contributed by atoms with Gasteiger partial charge in [-0.05, 0) is 25.0 Å². The maximum absolute atomic E-state index is 12.6. The molecule has 0 unspecified atom stereocenters.